The lowest BCUT2D eigenvalue weighted by Gasteiger charge is -2.39. The van der Waals surface area contributed by atoms with Gasteiger partial charge in [-0.3, -0.25) is 0 Å². The van der Waals surface area contributed by atoms with Crippen molar-refractivity contribution in [2.24, 2.45) is 5.92 Å². The Balaban J connectivity index is 2.25. The van der Waals surface area contributed by atoms with Crippen LogP contribution in [0.5, 0.6) is 5.75 Å². The Morgan fingerprint density at radius 3 is 2.91 bits per heavy atom. The third-order valence-electron chi connectivity index (χ3n) is 4.58. The van der Waals surface area contributed by atoms with Gasteiger partial charge < -0.3 is 20.3 Å². The third kappa shape index (κ3) is 3.77. The summed E-state index contributed by atoms with van der Waals surface area (Å²) in [5.74, 6) is -1.14. The van der Waals surface area contributed by atoms with Crippen LogP contribution >= 0.6 is 0 Å². The molecule has 1 heterocycles. The molecule has 0 unspecified atom stereocenters. The SMILES string of the molecule is COCCCC[C@](O)(c1cccc(F)c1O)[C@@H]1CCCNC1. The summed E-state index contributed by atoms with van der Waals surface area (Å²) >= 11 is 0. The number of unbranched alkanes of at least 4 members (excludes halogenated alkanes) is 1. The highest BCUT2D eigenvalue weighted by atomic mass is 19.1. The Labute approximate surface area is 131 Å². The van der Waals surface area contributed by atoms with Gasteiger partial charge in [-0.1, -0.05) is 12.1 Å². The fourth-order valence-corrected chi connectivity index (χ4v) is 3.32. The number of halogens is 1. The van der Waals surface area contributed by atoms with E-state index < -0.39 is 17.2 Å². The van der Waals surface area contributed by atoms with Crippen LogP contribution in [-0.2, 0) is 10.3 Å². The Hall–Kier alpha value is -1.17. The first-order valence-corrected chi connectivity index (χ1v) is 7.99. The molecule has 1 aliphatic heterocycles. The number of aliphatic hydroxyl groups is 1. The summed E-state index contributed by atoms with van der Waals surface area (Å²) in [6, 6.07) is 4.38. The van der Waals surface area contributed by atoms with Crippen molar-refractivity contribution < 1.29 is 19.3 Å². The molecule has 1 fully saturated rings. The molecule has 0 amide bonds. The number of hydrogen-bond acceptors (Lipinski definition) is 4. The lowest BCUT2D eigenvalue weighted by Crippen LogP contribution is -2.44. The Morgan fingerprint density at radius 2 is 2.23 bits per heavy atom. The molecule has 3 N–H and O–H groups in total. The van der Waals surface area contributed by atoms with Crippen LogP contribution in [0.25, 0.3) is 0 Å². The van der Waals surface area contributed by atoms with Crippen LogP contribution in [0, 0.1) is 11.7 Å². The number of hydrogen-bond donors (Lipinski definition) is 3. The fourth-order valence-electron chi connectivity index (χ4n) is 3.32. The predicted octanol–water partition coefficient (Wildman–Crippen LogP) is 2.54. The highest BCUT2D eigenvalue weighted by Gasteiger charge is 2.40. The molecule has 2 rings (SSSR count). The average molecular weight is 311 g/mol. The molecular weight excluding hydrogens is 285 g/mol. The summed E-state index contributed by atoms with van der Waals surface area (Å²) in [4.78, 5) is 0. The van der Waals surface area contributed by atoms with Gasteiger partial charge in [0.05, 0.1) is 5.60 Å². The first kappa shape index (κ1) is 17.2. The van der Waals surface area contributed by atoms with Gasteiger partial charge in [0, 0.05) is 31.7 Å². The number of ether oxygens (including phenoxy) is 1. The van der Waals surface area contributed by atoms with Gasteiger partial charge in [-0.25, -0.2) is 4.39 Å². The molecule has 0 radical (unpaired) electrons. The van der Waals surface area contributed by atoms with Gasteiger partial charge in [0.25, 0.3) is 0 Å². The molecule has 0 aromatic heterocycles. The van der Waals surface area contributed by atoms with Crippen LogP contribution in [0.2, 0.25) is 0 Å². The lowest BCUT2D eigenvalue weighted by atomic mass is 9.74. The minimum Gasteiger partial charge on any atom is -0.505 e. The quantitative estimate of drug-likeness (QED) is 0.677. The zero-order chi connectivity index (χ0) is 16.0. The smallest absolute Gasteiger partial charge is 0.165 e. The molecule has 1 aromatic carbocycles. The average Bonchev–Trinajstić information content (AvgIpc) is 2.55. The van der Waals surface area contributed by atoms with Crippen LogP contribution in [0.3, 0.4) is 0 Å². The second-order valence-corrected chi connectivity index (χ2v) is 6.05. The van der Waals surface area contributed by atoms with Crippen molar-refractivity contribution >= 4 is 0 Å². The Morgan fingerprint density at radius 1 is 1.41 bits per heavy atom. The van der Waals surface area contributed by atoms with Gasteiger partial charge in [-0.15, -0.1) is 0 Å². The van der Waals surface area contributed by atoms with Crippen molar-refractivity contribution in [2.75, 3.05) is 26.8 Å². The summed E-state index contributed by atoms with van der Waals surface area (Å²) in [5.41, 5.74) is -0.911. The molecule has 0 aliphatic carbocycles. The number of phenolic OH excluding ortho intramolecular Hbond substituents is 1. The first-order chi connectivity index (χ1) is 10.6. The number of aromatic hydroxyl groups is 1. The highest BCUT2D eigenvalue weighted by Crippen LogP contribution is 2.42. The van der Waals surface area contributed by atoms with E-state index in [9.17, 15) is 14.6 Å². The maximum Gasteiger partial charge on any atom is 0.165 e. The standard InChI is InChI=1S/C17H26FNO3/c1-22-11-3-2-9-17(21,13-6-5-10-19-12-13)14-7-4-8-15(18)16(14)20/h4,7-8,13,19-21H,2-3,5-6,9-12H2,1H3/t13-,17-/m1/s1. The Bertz CT molecular complexity index is 477. The molecule has 1 saturated heterocycles. The minimum absolute atomic E-state index is 0.0310. The monoisotopic (exact) mass is 311 g/mol. The Kier molecular flexibility index (Phi) is 6.17. The molecule has 5 heteroatoms. The number of nitrogens with one attached hydrogen (secondary N) is 1. The van der Waals surface area contributed by atoms with E-state index in [2.05, 4.69) is 5.32 Å². The summed E-state index contributed by atoms with van der Waals surface area (Å²) < 4.78 is 18.8. The van der Waals surface area contributed by atoms with Gasteiger partial charge in [0.2, 0.25) is 0 Å². The number of piperidine rings is 1. The van der Waals surface area contributed by atoms with Crippen molar-refractivity contribution in [3.05, 3.63) is 29.6 Å². The van der Waals surface area contributed by atoms with Gasteiger partial charge in [0.15, 0.2) is 11.6 Å². The van der Waals surface area contributed by atoms with E-state index in [1.54, 1.807) is 19.2 Å². The van der Waals surface area contributed by atoms with E-state index in [1.807, 2.05) is 0 Å². The minimum atomic E-state index is -1.21. The zero-order valence-electron chi connectivity index (χ0n) is 13.1. The van der Waals surface area contributed by atoms with E-state index in [0.29, 0.717) is 25.1 Å². The van der Waals surface area contributed by atoms with Crippen LogP contribution in [0.4, 0.5) is 4.39 Å². The number of phenols is 1. The topological polar surface area (TPSA) is 61.7 Å². The molecule has 1 aromatic rings. The maximum absolute atomic E-state index is 13.7. The van der Waals surface area contributed by atoms with Crippen molar-refractivity contribution in [3.8, 4) is 5.75 Å². The highest BCUT2D eigenvalue weighted by molar-refractivity contribution is 5.38. The molecule has 0 bridgehead atoms. The first-order valence-electron chi connectivity index (χ1n) is 7.99. The van der Waals surface area contributed by atoms with Crippen molar-refractivity contribution in [3.63, 3.8) is 0 Å². The van der Waals surface area contributed by atoms with Gasteiger partial charge in [-0.2, -0.15) is 0 Å². The molecular formula is C17H26FNO3. The molecule has 4 nitrogen and oxygen atoms in total. The van der Waals surface area contributed by atoms with E-state index in [4.69, 9.17) is 4.74 Å². The van der Waals surface area contributed by atoms with Crippen LogP contribution in [-0.4, -0.2) is 37.0 Å². The maximum atomic E-state index is 13.7. The molecule has 0 spiro atoms. The summed E-state index contributed by atoms with van der Waals surface area (Å²) in [5, 5.41) is 24.7. The number of benzene rings is 1. The molecule has 22 heavy (non-hydrogen) atoms. The van der Waals surface area contributed by atoms with E-state index >= 15 is 0 Å². The van der Waals surface area contributed by atoms with Gasteiger partial charge >= 0.3 is 0 Å². The van der Waals surface area contributed by atoms with Crippen LogP contribution < -0.4 is 5.32 Å². The van der Waals surface area contributed by atoms with Gasteiger partial charge in [0.1, 0.15) is 0 Å². The van der Waals surface area contributed by atoms with E-state index in [0.717, 1.165) is 32.2 Å². The molecule has 124 valence electrons. The second-order valence-electron chi connectivity index (χ2n) is 6.05. The van der Waals surface area contributed by atoms with Crippen LogP contribution in [0.1, 0.15) is 37.7 Å². The van der Waals surface area contributed by atoms with Crippen molar-refractivity contribution in [1.82, 2.24) is 5.32 Å². The van der Waals surface area contributed by atoms with Crippen LogP contribution in [0.15, 0.2) is 18.2 Å². The molecule has 0 saturated carbocycles. The van der Waals surface area contributed by atoms with E-state index in [-0.39, 0.29) is 5.92 Å². The summed E-state index contributed by atoms with van der Waals surface area (Å²) in [6.45, 7) is 2.25. The number of rotatable bonds is 7. The normalized spacial score (nSPS) is 21.5. The number of para-hydroxylation sites is 1. The predicted molar refractivity (Wildman–Crippen MR) is 83.3 cm³/mol. The zero-order valence-corrected chi connectivity index (χ0v) is 13.1. The largest absolute Gasteiger partial charge is 0.505 e. The van der Waals surface area contributed by atoms with Crippen molar-refractivity contribution in [1.29, 1.82) is 0 Å². The second kappa shape index (κ2) is 7.90. The van der Waals surface area contributed by atoms with Crippen molar-refractivity contribution in [2.45, 2.75) is 37.7 Å². The molecule has 1 aliphatic rings. The third-order valence-corrected chi connectivity index (χ3v) is 4.58. The molecule has 2 atom stereocenters. The summed E-state index contributed by atoms with van der Waals surface area (Å²) in [6.07, 6.45) is 3.91. The van der Waals surface area contributed by atoms with E-state index in [1.165, 1.54) is 6.07 Å². The number of methoxy groups -OCH3 is 1. The fraction of sp³-hybridized carbons (Fsp3) is 0.647. The summed E-state index contributed by atoms with van der Waals surface area (Å²) in [7, 11) is 1.65. The van der Waals surface area contributed by atoms with Gasteiger partial charge in [-0.05, 0) is 44.7 Å². The lowest BCUT2D eigenvalue weighted by molar-refractivity contribution is -0.0452.